The molecule has 1 unspecified atom stereocenters. The van der Waals surface area contributed by atoms with Gasteiger partial charge in [0.05, 0.1) is 5.67 Å². The van der Waals surface area contributed by atoms with Crippen molar-refractivity contribution in [3.05, 3.63) is 35.9 Å². The second kappa shape index (κ2) is 8.41. The Morgan fingerprint density at radius 3 is 2.06 bits per heavy atom. The van der Waals surface area contributed by atoms with Crippen molar-refractivity contribution < 1.29 is 8.85 Å². The van der Waals surface area contributed by atoms with Crippen LogP contribution >= 0.6 is 0 Å². The maximum atomic E-state index is 6.23. The largest absolute Gasteiger partial charge is 0.395 e. The lowest BCUT2D eigenvalue weighted by Gasteiger charge is -2.22. The highest BCUT2D eigenvalue weighted by molar-refractivity contribution is 6.46. The van der Waals surface area contributed by atoms with Crippen LogP contribution in [0.4, 0.5) is 0 Å². The SMILES string of the molecule is CCCO[SiH](OCCC)C(N)c1ccccc1. The molecule has 0 aliphatic heterocycles. The van der Waals surface area contributed by atoms with Crippen LogP contribution in [0.25, 0.3) is 0 Å². The second-order valence-corrected chi connectivity index (χ2v) is 6.17. The summed E-state index contributed by atoms with van der Waals surface area (Å²) in [5, 5.41) is 0. The molecule has 0 aliphatic rings. The summed E-state index contributed by atoms with van der Waals surface area (Å²) in [5.41, 5.74) is 7.25. The molecular weight excluding hydrogens is 230 g/mol. The predicted octanol–water partition coefficient (Wildman–Crippen LogP) is 2.30. The zero-order valence-corrected chi connectivity index (χ0v) is 11.9. The molecule has 1 rings (SSSR count). The Balaban J connectivity index is 2.61. The number of rotatable bonds is 8. The zero-order chi connectivity index (χ0) is 12.5. The third-order valence-corrected chi connectivity index (χ3v) is 4.55. The van der Waals surface area contributed by atoms with Gasteiger partial charge in [-0.25, -0.2) is 0 Å². The van der Waals surface area contributed by atoms with E-state index in [1.54, 1.807) is 0 Å². The molecule has 0 aliphatic carbocycles. The molecule has 0 bridgehead atoms. The standard InChI is InChI=1S/C13H23NO2Si/c1-3-10-15-17(16-11-4-2)13(14)12-8-6-5-7-9-12/h5-9,13,17H,3-4,10-11,14H2,1-2H3. The van der Waals surface area contributed by atoms with Crippen molar-refractivity contribution in [2.45, 2.75) is 32.4 Å². The van der Waals surface area contributed by atoms with Crippen LogP contribution in [-0.2, 0) is 8.85 Å². The molecule has 0 saturated heterocycles. The van der Waals surface area contributed by atoms with Gasteiger partial charge in [-0.3, -0.25) is 0 Å². The fourth-order valence-electron chi connectivity index (χ4n) is 1.56. The van der Waals surface area contributed by atoms with Gasteiger partial charge in [0.2, 0.25) is 0 Å². The average Bonchev–Trinajstić information content (AvgIpc) is 2.39. The highest BCUT2D eigenvalue weighted by Gasteiger charge is 2.23. The molecule has 2 N–H and O–H groups in total. The Labute approximate surface area is 106 Å². The fraction of sp³-hybridized carbons (Fsp3) is 0.538. The minimum absolute atomic E-state index is 0.0886. The highest BCUT2D eigenvalue weighted by Crippen LogP contribution is 2.15. The van der Waals surface area contributed by atoms with E-state index >= 15 is 0 Å². The second-order valence-electron chi connectivity index (χ2n) is 4.05. The van der Waals surface area contributed by atoms with Gasteiger partial charge in [0.25, 0.3) is 0 Å². The maximum Gasteiger partial charge on any atom is 0.343 e. The van der Waals surface area contributed by atoms with Crippen LogP contribution in [0, 0.1) is 0 Å². The fourth-order valence-corrected chi connectivity index (χ4v) is 3.54. The van der Waals surface area contributed by atoms with Crippen LogP contribution in [-0.4, -0.2) is 22.5 Å². The molecule has 4 heteroatoms. The van der Waals surface area contributed by atoms with Gasteiger partial charge in [0.1, 0.15) is 0 Å². The minimum atomic E-state index is -1.81. The summed E-state index contributed by atoms with van der Waals surface area (Å²) in [4.78, 5) is 0. The molecular formula is C13H23NO2Si. The molecule has 1 atom stereocenters. The van der Waals surface area contributed by atoms with Crippen LogP contribution < -0.4 is 5.73 Å². The summed E-state index contributed by atoms with van der Waals surface area (Å²) in [6.07, 6.45) is 2.00. The quantitative estimate of drug-likeness (QED) is 0.723. The molecule has 1 aromatic carbocycles. The van der Waals surface area contributed by atoms with Crippen LogP contribution in [0.5, 0.6) is 0 Å². The Kier molecular flexibility index (Phi) is 7.12. The first-order chi connectivity index (χ1) is 8.29. The predicted molar refractivity (Wildman–Crippen MR) is 73.0 cm³/mol. The van der Waals surface area contributed by atoms with Crippen molar-refractivity contribution in [3.63, 3.8) is 0 Å². The van der Waals surface area contributed by atoms with Crippen LogP contribution in [0.3, 0.4) is 0 Å². The van der Waals surface area contributed by atoms with Gasteiger partial charge in [0, 0.05) is 13.2 Å². The first-order valence-corrected chi connectivity index (χ1v) is 7.94. The van der Waals surface area contributed by atoms with Gasteiger partial charge in [-0.15, -0.1) is 0 Å². The monoisotopic (exact) mass is 253 g/mol. The Bertz CT molecular complexity index is 287. The Morgan fingerprint density at radius 1 is 1.06 bits per heavy atom. The lowest BCUT2D eigenvalue weighted by molar-refractivity contribution is 0.188. The summed E-state index contributed by atoms with van der Waals surface area (Å²) in [6.45, 7) is 5.67. The lowest BCUT2D eigenvalue weighted by atomic mass is 10.2. The average molecular weight is 253 g/mol. The van der Waals surface area contributed by atoms with Crippen LogP contribution in [0.15, 0.2) is 30.3 Å². The van der Waals surface area contributed by atoms with Crippen molar-refractivity contribution in [1.82, 2.24) is 0 Å². The molecule has 0 fully saturated rings. The highest BCUT2D eigenvalue weighted by atomic mass is 28.3. The van der Waals surface area contributed by atoms with E-state index in [4.69, 9.17) is 14.6 Å². The van der Waals surface area contributed by atoms with E-state index < -0.39 is 9.28 Å². The topological polar surface area (TPSA) is 44.5 Å². The number of benzene rings is 1. The van der Waals surface area contributed by atoms with E-state index in [2.05, 4.69) is 13.8 Å². The lowest BCUT2D eigenvalue weighted by Crippen LogP contribution is -2.37. The van der Waals surface area contributed by atoms with E-state index in [9.17, 15) is 0 Å². The summed E-state index contributed by atoms with van der Waals surface area (Å²) in [5.74, 6) is 0. The van der Waals surface area contributed by atoms with Gasteiger partial charge in [-0.2, -0.15) is 0 Å². The van der Waals surface area contributed by atoms with E-state index in [1.807, 2.05) is 30.3 Å². The van der Waals surface area contributed by atoms with Gasteiger partial charge in [-0.05, 0) is 18.4 Å². The molecule has 1 aromatic rings. The number of hydrogen-bond donors (Lipinski definition) is 1. The maximum absolute atomic E-state index is 6.23. The van der Waals surface area contributed by atoms with Gasteiger partial charge in [-0.1, -0.05) is 44.2 Å². The molecule has 17 heavy (non-hydrogen) atoms. The smallest absolute Gasteiger partial charge is 0.343 e. The third kappa shape index (κ3) is 5.00. The molecule has 0 saturated carbocycles. The molecule has 0 aromatic heterocycles. The third-order valence-electron chi connectivity index (χ3n) is 2.45. The first kappa shape index (κ1) is 14.4. The Morgan fingerprint density at radius 2 is 1.59 bits per heavy atom. The molecule has 0 amide bonds. The van der Waals surface area contributed by atoms with E-state index in [1.165, 1.54) is 0 Å². The van der Waals surface area contributed by atoms with Crippen molar-refractivity contribution in [2.75, 3.05) is 13.2 Å². The number of nitrogens with two attached hydrogens (primary N) is 1. The molecule has 0 radical (unpaired) electrons. The molecule has 96 valence electrons. The van der Waals surface area contributed by atoms with Crippen LogP contribution in [0.1, 0.15) is 37.9 Å². The first-order valence-electron chi connectivity index (χ1n) is 6.33. The summed E-state index contributed by atoms with van der Waals surface area (Å²) in [7, 11) is -1.81. The summed E-state index contributed by atoms with van der Waals surface area (Å²) < 4.78 is 11.6. The van der Waals surface area contributed by atoms with Crippen molar-refractivity contribution in [1.29, 1.82) is 0 Å². The van der Waals surface area contributed by atoms with Crippen molar-refractivity contribution in [2.24, 2.45) is 5.73 Å². The zero-order valence-electron chi connectivity index (χ0n) is 10.8. The van der Waals surface area contributed by atoms with E-state index in [0.29, 0.717) is 0 Å². The van der Waals surface area contributed by atoms with Gasteiger partial charge >= 0.3 is 9.28 Å². The molecule has 0 heterocycles. The van der Waals surface area contributed by atoms with Crippen LogP contribution in [0.2, 0.25) is 0 Å². The molecule has 0 spiro atoms. The van der Waals surface area contributed by atoms with Crippen molar-refractivity contribution >= 4 is 9.28 Å². The minimum Gasteiger partial charge on any atom is -0.395 e. The van der Waals surface area contributed by atoms with E-state index in [0.717, 1.165) is 31.6 Å². The normalized spacial score (nSPS) is 12.9. The summed E-state index contributed by atoms with van der Waals surface area (Å²) >= 11 is 0. The molecule has 3 nitrogen and oxygen atoms in total. The number of hydrogen-bond acceptors (Lipinski definition) is 3. The Hall–Kier alpha value is -0.683. The van der Waals surface area contributed by atoms with Gasteiger partial charge < -0.3 is 14.6 Å². The van der Waals surface area contributed by atoms with Gasteiger partial charge in [0.15, 0.2) is 0 Å². The van der Waals surface area contributed by atoms with E-state index in [-0.39, 0.29) is 5.67 Å². The van der Waals surface area contributed by atoms with Crippen molar-refractivity contribution in [3.8, 4) is 0 Å². The summed E-state index contributed by atoms with van der Waals surface area (Å²) in [6, 6.07) is 10.1.